The Bertz CT molecular complexity index is 735. The van der Waals surface area contributed by atoms with E-state index in [4.69, 9.17) is 5.73 Å². The van der Waals surface area contributed by atoms with Crippen molar-refractivity contribution in [2.24, 2.45) is 5.73 Å². The Labute approximate surface area is 131 Å². The molecule has 2 aromatic carbocycles. The summed E-state index contributed by atoms with van der Waals surface area (Å²) >= 11 is 0. The molecule has 0 saturated heterocycles. The van der Waals surface area contributed by atoms with Crippen molar-refractivity contribution >= 4 is 17.5 Å². The minimum absolute atomic E-state index is 0.117. The molecule has 0 saturated carbocycles. The van der Waals surface area contributed by atoms with Gasteiger partial charge in [-0.1, -0.05) is 24.3 Å². The van der Waals surface area contributed by atoms with E-state index in [1.165, 1.54) is 0 Å². The number of carbonyl (C=O) groups is 2. The van der Waals surface area contributed by atoms with Crippen molar-refractivity contribution in [1.29, 1.82) is 0 Å². The molecule has 0 fully saturated rings. The highest BCUT2D eigenvalue weighted by Gasteiger charge is 2.15. The Kier molecular flexibility index (Phi) is 5.37. The van der Waals surface area contributed by atoms with Crippen molar-refractivity contribution in [2.75, 3.05) is 5.32 Å². The molecule has 0 aliphatic heterocycles. The van der Waals surface area contributed by atoms with Crippen LogP contribution in [0.1, 0.15) is 11.1 Å². The van der Waals surface area contributed by atoms with E-state index in [1.54, 1.807) is 18.2 Å². The summed E-state index contributed by atoms with van der Waals surface area (Å²) in [6.07, 6.45) is 0. The van der Waals surface area contributed by atoms with Crippen molar-refractivity contribution in [1.82, 2.24) is 5.32 Å². The lowest BCUT2D eigenvalue weighted by molar-refractivity contribution is -0.136. The van der Waals surface area contributed by atoms with E-state index < -0.39 is 29.1 Å². The average Bonchev–Trinajstić information content (AvgIpc) is 2.56. The summed E-state index contributed by atoms with van der Waals surface area (Å²) in [7, 11) is 0. The Hall–Kier alpha value is -2.80. The van der Waals surface area contributed by atoms with Gasteiger partial charge in [-0.25, -0.2) is 8.78 Å². The molecule has 5 nitrogen and oxygen atoms in total. The number of anilines is 1. The number of carbonyl (C=O) groups excluding carboxylic acids is 2. The van der Waals surface area contributed by atoms with Crippen LogP contribution in [-0.4, -0.2) is 11.8 Å². The third kappa shape index (κ3) is 4.58. The van der Waals surface area contributed by atoms with Gasteiger partial charge in [-0.3, -0.25) is 9.59 Å². The molecule has 23 heavy (non-hydrogen) atoms. The molecule has 0 aliphatic carbocycles. The van der Waals surface area contributed by atoms with Gasteiger partial charge >= 0.3 is 11.8 Å². The molecule has 2 aromatic rings. The molecule has 7 heteroatoms. The molecule has 0 bridgehead atoms. The first-order chi connectivity index (χ1) is 11.0. The van der Waals surface area contributed by atoms with Gasteiger partial charge < -0.3 is 16.4 Å². The minimum Gasteiger partial charge on any atom is -0.344 e. The van der Waals surface area contributed by atoms with E-state index in [-0.39, 0.29) is 6.54 Å². The molecule has 120 valence electrons. The van der Waals surface area contributed by atoms with Crippen LogP contribution >= 0.6 is 0 Å². The molecule has 0 radical (unpaired) electrons. The molecule has 2 amide bonds. The van der Waals surface area contributed by atoms with Gasteiger partial charge in [0.2, 0.25) is 0 Å². The maximum atomic E-state index is 13.4. The lowest BCUT2D eigenvalue weighted by Crippen LogP contribution is -2.35. The SMILES string of the molecule is NCc1cccc(CNC(=O)C(=O)Nc2cc(F)ccc2F)c1. The third-order valence-corrected chi connectivity index (χ3v) is 3.06. The highest BCUT2D eigenvalue weighted by Crippen LogP contribution is 2.15. The van der Waals surface area contributed by atoms with Crippen LogP contribution in [0.15, 0.2) is 42.5 Å². The first kappa shape index (κ1) is 16.6. The summed E-state index contributed by atoms with van der Waals surface area (Å²) in [5.74, 6) is -3.58. The van der Waals surface area contributed by atoms with Gasteiger partial charge in [0.15, 0.2) is 0 Å². The Morgan fingerprint density at radius 3 is 2.48 bits per heavy atom. The Morgan fingerprint density at radius 2 is 1.74 bits per heavy atom. The summed E-state index contributed by atoms with van der Waals surface area (Å²) in [5.41, 5.74) is 6.79. The lowest BCUT2D eigenvalue weighted by Gasteiger charge is -2.08. The zero-order valence-electron chi connectivity index (χ0n) is 12.1. The van der Waals surface area contributed by atoms with Crippen molar-refractivity contribution < 1.29 is 18.4 Å². The molecular weight excluding hydrogens is 304 g/mol. The van der Waals surface area contributed by atoms with E-state index in [1.807, 2.05) is 11.4 Å². The second kappa shape index (κ2) is 7.46. The van der Waals surface area contributed by atoms with Gasteiger partial charge in [0.1, 0.15) is 11.6 Å². The van der Waals surface area contributed by atoms with Crippen molar-refractivity contribution in [3.05, 3.63) is 65.2 Å². The Balaban J connectivity index is 1.94. The van der Waals surface area contributed by atoms with E-state index in [2.05, 4.69) is 5.32 Å². The number of halogens is 2. The number of rotatable bonds is 4. The smallest absolute Gasteiger partial charge is 0.313 e. The van der Waals surface area contributed by atoms with Crippen LogP contribution in [0, 0.1) is 11.6 Å². The van der Waals surface area contributed by atoms with E-state index >= 15 is 0 Å². The van der Waals surface area contributed by atoms with E-state index in [0.29, 0.717) is 6.54 Å². The summed E-state index contributed by atoms with van der Waals surface area (Å²) in [5, 5.41) is 4.42. The molecule has 0 heterocycles. The maximum absolute atomic E-state index is 13.4. The molecule has 4 N–H and O–H groups in total. The molecular formula is C16H15F2N3O2. The first-order valence-corrected chi connectivity index (χ1v) is 6.81. The van der Waals surface area contributed by atoms with Gasteiger partial charge in [-0.2, -0.15) is 0 Å². The molecule has 2 rings (SSSR count). The van der Waals surface area contributed by atoms with E-state index in [0.717, 1.165) is 29.3 Å². The van der Waals surface area contributed by atoms with Gasteiger partial charge in [0.05, 0.1) is 5.69 Å². The van der Waals surface area contributed by atoms with Gasteiger partial charge in [0.25, 0.3) is 0 Å². The van der Waals surface area contributed by atoms with Gasteiger partial charge in [0, 0.05) is 19.2 Å². The van der Waals surface area contributed by atoms with Crippen LogP contribution in [0.2, 0.25) is 0 Å². The number of nitrogens with two attached hydrogens (primary N) is 1. The standard InChI is InChI=1S/C16H15F2N3O2/c17-12-4-5-13(18)14(7-12)21-16(23)15(22)20-9-11-3-1-2-10(6-11)8-19/h1-7H,8-9,19H2,(H,20,22)(H,21,23). The summed E-state index contributed by atoms with van der Waals surface area (Å²) in [4.78, 5) is 23.4. The molecule has 0 aromatic heterocycles. The summed E-state index contributed by atoms with van der Waals surface area (Å²) in [6, 6.07) is 9.76. The van der Waals surface area contributed by atoms with Crippen molar-refractivity contribution in [2.45, 2.75) is 13.1 Å². The largest absolute Gasteiger partial charge is 0.344 e. The van der Waals surface area contributed by atoms with Crippen LogP contribution in [0.5, 0.6) is 0 Å². The lowest BCUT2D eigenvalue weighted by atomic mass is 10.1. The fraction of sp³-hybridized carbons (Fsp3) is 0.125. The molecule has 0 aliphatic rings. The maximum Gasteiger partial charge on any atom is 0.313 e. The molecule has 0 unspecified atom stereocenters. The van der Waals surface area contributed by atoms with Crippen molar-refractivity contribution in [3.63, 3.8) is 0 Å². The van der Waals surface area contributed by atoms with Gasteiger partial charge in [-0.05, 0) is 23.3 Å². The second-order valence-corrected chi connectivity index (χ2v) is 4.79. The van der Waals surface area contributed by atoms with Crippen LogP contribution in [0.3, 0.4) is 0 Å². The fourth-order valence-electron chi connectivity index (χ4n) is 1.90. The number of benzene rings is 2. The number of hydrogen-bond donors (Lipinski definition) is 3. The quantitative estimate of drug-likeness (QED) is 0.750. The summed E-state index contributed by atoms with van der Waals surface area (Å²) < 4.78 is 26.4. The molecule has 0 spiro atoms. The minimum atomic E-state index is -1.08. The first-order valence-electron chi connectivity index (χ1n) is 6.81. The zero-order valence-corrected chi connectivity index (χ0v) is 12.1. The predicted octanol–water partition coefficient (Wildman–Crippen LogP) is 1.68. The van der Waals surface area contributed by atoms with Crippen LogP contribution in [-0.2, 0) is 22.7 Å². The topological polar surface area (TPSA) is 84.2 Å². The second-order valence-electron chi connectivity index (χ2n) is 4.79. The summed E-state index contributed by atoms with van der Waals surface area (Å²) in [6.45, 7) is 0.479. The highest BCUT2D eigenvalue weighted by molar-refractivity contribution is 6.39. The molecule has 0 atom stereocenters. The number of nitrogens with one attached hydrogen (secondary N) is 2. The monoisotopic (exact) mass is 319 g/mol. The fourth-order valence-corrected chi connectivity index (χ4v) is 1.90. The van der Waals surface area contributed by atoms with Crippen LogP contribution < -0.4 is 16.4 Å². The normalized spacial score (nSPS) is 10.2. The number of hydrogen-bond acceptors (Lipinski definition) is 3. The van der Waals surface area contributed by atoms with Crippen LogP contribution in [0.4, 0.5) is 14.5 Å². The zero-order chi connectivity index (χ0) is 16.8. The predicted molar refractivity (Wildman–Crippen MR) is 81.2 cm³/mol. The number of amides is 2. The van der Waals surface area contributed by atoms with E-state index in [9.17, 15) is 18.4 Å². The Morgan fingerprint density at radius 1 is 1.00 bits per heavy atom. The third-order valence-electron chi connectivity index (χ3n) is 3.06. The van der Waals surface area contributed by atoms with Crippen LogP contribution in [0.25, 0.3) is 0 Å². The van der Waals surface area contributed by atoms with Crippen molar-refractivity contribution in [3.8, 4) is 0 Å². The van der Waals surface area contributed by atoms with Gasteiger partial charge in [-0.15, -0.1) is 0 Å². The average molecular weight is 319 g/mol. The highest BCUT2D eigenvalue weighted by atomic mass is 19.1.